The number of hydrogen-bond donors (Lipinski definition) is 4. The van der Waals surface area contributed by atoms with Gasteiger partial charge in [-0.2, -0.15) is 11.8 Å². The van der Waals surface area contributed by atoms with Crippen molar-refractivity contribution in [3.8, 4) is 0 Å². The molecular weight excluding hydrogens is 382 g/mol. The van der Waals surface area contributed by atoms with Crippen LogP contribution in [-0.2, 0) is 19.2 Å². The number of aliphatic carboxylic acids is 1. The fourth-order valence-corrected chi connectivity index (χ4v) is 3.16. The molecule has 28 heavy (non-hydrogen) atoms. The summed E-state index contributed by atoms with van der Waals surface area (Å²) < 4.78 is 0. The first-order chi connectivity index (χ1) is 13.0. The fraction of sp³-hybridized carbons (Fsp3) is 0.789. The van der Waals surface area contributed by atoms with Gasteiger partial charge in [0.15, 0.2) is 0 Å². The molecule has 0 aliphatic carbocycles. The SMILES string of the molecule is CSCC[C@H](NC(=O)[C@H](CC(C)C)NC(=O)[C@H](CC(C)C)NC(C)=O)C(=O)O. The van der Waals surface area contributed by atoms with E-state index in [1.807, 2.05) is 34.0 Å². The number of thioether (sulfide) groups is 1. The Hall–Kier alpha value is -1.77. The van der Waals surface area contributed by atoms with E-state index in [1.54, 1.807) is 0 Å². The summed E-state index contributed by atoms with van der Waals surface area (Å²) in [5.41, 5.74) is 0. The summed E-state index contributed by atoms with van der Waals surface area (Å²) >= 11 is 1.49. The van der Waals surface area contributed by atoms with Crippen molar-refractivity contribution in [3.63, 3.8) is 0 Å². The average molecular weight is 418 g/mol. The van der Waals surface area contributed by atoms with E-state index in [0.717, 1.165) is 0 Å². The van der Waals surface area contributed by atoms with Crippen molar-refractivity contribution in [2.45, 2.75) is 72.0 Å². The zero-order valence-corrected chi connectivity index (χ0v) is 18.5. The number of rotatable bonds is 13. The predicted octanol–water partition coefficient (Wildman–Crippen LogP) is 1.39. The highest BCUT2D eigenvalue weighted by Gasteiger charge is 2.29. The quantitative estimate of drug-likeness (QED) is 0.359. The van der Waals surface area contributed by atoms with Gasteiger partial charge in [-0.05, 0) is 43.1 Å². The predicted molar refractivity (Wildman–Crippen MR) is 111 cm³/mol. The molecule has 9 heteroatoms. The van der Waals surface area contributed by atoms with E-state index in [2.05, 4.69) is 16.0 Å². The Morgan fingerprint density at radius 3 is 1.61 bits per heavy atom. The van der Waals surface area contributed by atoms with Crippen LogP contribution in [0.25, 0.3) is 0 Å². The highest BCUT2D eigenvalue weighted by Crippen LogP contribution is 2.10. The maximum atomic E-state index is 12.7. The molecule has 0 aliphatic heterocycles. The third-order valence-corrected chi connectivity index (χ3v) is 4.61. The first-order valence-corrected chi connectivity index (χ1v) is 11.0. The molecule has 8 nitrogen and oxygen atoms in total. The van der Waals surface area contributed by atoms with Gasteiger partial charge in [-0.1, -0.05) is 27.7 Å². The second kappa shape index (κ2) is 13.4. The van der Waals surface area contributed by atoms with Gasteiger partial charge in [0, 0.05) is 6.92 Å². The van der Waals surface area contributed by atoms with Gasteiger partial charge in [0.25, 0.3) is 0 Å². The summed E-state index contributed by atoms with van der Waals surface area (Å²) in [4.78, 5) is 48.2. The van der Waals surface area contributed by atoms with Crippen LogP contribution >= 0.6 is 11.8 Å². The monoisotopic (exact) mass is 417 g/mol. The molecule has 3 amide bonds. The molecule has 0 saturated heterocycles. The lowest BCUT2D eigenvalue weighted by Crippen LogP contribution is -2.56. The summed E-state index contributed by atoms with van der Waals surface area (Å²) in [6.45, 7) is 9.03. The van der Waals surface area contributed by atoms with Crippen LogP contribution < -0.4 is 16.0 Å². The van der Waals surface area contributed by atoms with E-state index in [1.165, 1.54) is 18.7 Å². The van der Waals surface area contributed by atoms with Crippen molar-refractivity contribution in [1.29, 1.82) is 0 Å². The number of carbonyl (C=O) groups is 4. The van der Waals surface area contributed by atoms with Gasteiger partial charge in [0.2, 0.25) is 17.7 Å². The first-order valence-electron chi connectivity index (χ1n) is 9.57. The molecule has 0 radical (unpaired) electrons. The zero-order chi connectivity index (χ0) is 21.9. The molecule has 0 bridgehead atoms. The van der Waals surface area contributed by atoms with Crippen molar-refractivity contribution in [1.82, 2.24) is 16.0 Å². The summed E-state index contributed by atoms with van der Waals surface area (Å²) in [6, 6.07) is -2.62. The Morgan fingerprint density at radius 2 is 1.25 bits per heavy atom. The maximum absolute atomic E-state index is 12.7. The number of amides is 3. The van der Waals surface area contributed by atoms with Crippen LogP contribution in [0, 0.1) is 11.8 Å². The fourth-order valence-electron chi connectivity index (χ4n) is 2.69. The second-order valence-corrected chi connectivity index (χ2v) is 8.74. The van der Waals surface area contributed by atoms with Gasteiger partial charge >= 0.3 is 5.97 Å². The van der Waals surface area contributed by atoms with E-state index in [0.29, 0.717) is 25.0 Å². The third kappa shape index (κ3) is 11.2. The Labute approximate surface area is 172 Å². The molecule has 0 saturated carbocycles. The minimum atomic E-state index is -1.10. The molecule has 0 aromatic carbocycles. The van der Waals surface area contributed by atoms with Crippen LogP contribution in [0.4, 0.5) is 0 Å². The average Bonchev–Trinajstić information content (AvgIpc) is 2.55. The summed E-state index contributed by atoms with van der Waals surface area (Å²) in [6.07, 6.45) is 2.96. The number of carbonyl (C=O) groups excluding carboxylic acids is 3. The Balaban J connectivity index is 5.25. The molecule has 0 aromatic heterocycles. The lowest BCUT2D eigenvalue weighted by Gasteiger charge is -2.26. The highest BCUT2D eigenvalue weighted by molar-refractivity contribution is 7.98. The molecule has 0 fully saturated rings. The molecule has 0 rings (SSSR count). The van der Waals surface area contributed by atoms with E-state index < -0.39 is 35.9 Å². The van der Waals surface area contributed by atoms with Gasteiger partial charge in [-0.3, -0.25) is 14.4 Å². The number of carboxylic acid groups (broad SMARTS) is 1. The van der Waals surface area contributed by atoms with E-state index in [9.17, 15) is 24.3 Å². The van der Waals surface area contributed by atoms with Crippen LogP contribution in [0.5, 0.6) is 0 Å². The molecule has 3 atom stereocenters. The van der Waals surface area contributed by atoms with Gasteiger partial charge in [0.05, 0.1) is 0 Å². The smallest absolute Gasteiger partial charge is 0.326 e. The molecule has 162 valence electrons. The summed E-state index contributed by atoms with van der Waals surface area (Å²) in [5.74, 6) is -1.53. The van der Waals surface area contributed by atoms with Crippen molar-refractivity contribution in [2.75, 3.05) is 12.0 Å². The number of carboxylic acids is 1. The van der Waals surface area contributed by atoms with Gasteiger partial charge in [-0.25, -0.2) is 4.79 Å². The van der Waals surface area contributed by atoms with E-state index >= 15 is 0 Å². The van der Waals surface area contributed by atoms with Crippen molar-refractivity contribution in [2.24, 2.45) is 11.8 Å². The van der Waals surface area contributed by atoms with Crippen LogP contribution in [0.15, 0.2) is 0 Å². The van der Waals surface area contributed by atoms with Crippen molar-refractivity contribution >= 4 is 35.5 Å². The van der Waals surface area contributed by atoms with Crippen molar-refractivity contribution < 1.29 is 24.3 Å². The van der Waals surface area contributed by atoms with Crippen LogP contribution in [-0.4, -0.2) is 58.9 Å². The van der Waals surface area contributed by atoms with Crippen molar-refractivity contribution in [3.05, 3.63) is 0 Å². The Kier molecular flexibility index (Phi) is 12.6. The molecule has 0 unspecified atom stereocenters. The Bertz CT molecular complexity index is 540. The molecule has 0 aliphatic rings. The van der Waals surface area contributed by atoms with E-state index in [-0.39, 0.29) is 17.7 Å². The van der Waals surface area contributed by atoms with E-state index in [4.69, 9.17) is 0 Å². The van der Waals surface area contributed by atoms with Gasteiger partial charge < -0.3 is 21.1 Å². The second-order valence-electron chi connectivity index (χ2n) is 7.75. The van der Waals surface area contributed by atoms with Crippen LogP contribution in [0.3, 0.4) is 0 Å². The van der Waals surface area contributed by atoms with Gasteiger partial charge in [0.1, 0.15) is 18.1 Å². The summed E-state index contributed by atoms with van der Waals surface area (Å²) in [7, 11) is 0. The molecule has 4 N–H and O–H groups in total. The minimum absolute atomic E-state index is 0.106. The normalized spacial score (nSPS) is 14.3. The minimum Gasteiger partial charge on any atom is -0.480 e. The highest BCUT2D eigenvalue weighted by atomic mass is 32.2. The molecular formula is C19H35N3O5S. The largest absolute Gasteiger partial charge is 0.480 e. The van der Waals surface area contributed by atoms with Crippen LogP contribution in [0.1, 0.15) is 53.9 Å². The maximum Gasteiger partial charge on any atom is 0.326 e. The Morgan fingerprint density at radius 1 is 0.821 bits per heavy atom. The number of nitrogens with one attached hydrogen (secondary N) is 3. The third-order valence-electron chi connectivity index (χ3n) is 3.97. The lowest BCUT2D eigenvalue weighted by molar-refractivity contribution is -0.142. The molecule has 0 heterocycles. The zero-order valence-electron chi connectivity index (χ0n) is 17.7. The van der Waals surface area contributed by atoms with Gasteiger partial charge in [-0.15, -0.1) is 0 Å². The summed E-state index contributed by atoms with van der Waals surface area (Å²) in [5, 5.41) is 17.2. The first kappa shape index (κ1) is 26.2. The molecule has 0 aromatic rings. The topological polar surface area (TPSA) is 125 Å². The lowest BCUT2D eigenvalue weighted by atomic mass is 9.99. The molecule has 0 spiro atoms. The number of hydrogen-bond acceptors (Lipinski definition) is 5. The standard InChI is InChI=1S/C19H35N3O5S/c1-11(2)9-15(20-13(5)23)17(24)22-16(10-12(3)4)18(25)21-14(19(26)27)7-8-28-6/h11-12,14-16H,7-10H2,1-6H3,(H,20,23)(H,21,25)(H,22,24)(H,26,27)/t14-,15-,16-/m0/s1. The van der Waals surface area contributed by atoms with Crippen LogP contribution in [0.2, 0.25) is 0 Å².